The smallest absolute Gasteiger partial charge is 0.125 e. The molecule has 4 heteroatoms. The van der Waals surface area contributed by atoms with Gasteiger partial charge >= 0.3 is 0 Å². The van der Waals surface area contributed by atoms with Gasteiger partial charge in [0.2, 0.25) is 0 Å². The molecule has 0 fully saturated rings. The van der Waals surface area contributed by atoms with Gasteiger partial charge in [0, 0.05) is 16.0 Å². The van der Waals surface area contributed by atoms with E-state index in [1.54, 1.807) is 0 Å². The fourth-order valence-corrected chi connectivity index (χ4v) is 0.875. The van der Waals surface area contributed by atoms with Gasteiger partial charge in [-0.25, -0.2) is 4.99 Å². The summed E-state index contributed by atoms with van der Waals surface area (Å²) in [4.78, 5) is 3.56. The second-order valence-corrected chi connectivity index (χ2v) is 3.95. The maximum absolute atomic E-state index is 10.8. The molecule has 0 saturated heterocycles. The summed E-state index contributed by atoms with van der Waals surface area (Å²) < 4.78 is 10.8. The van der Waals surface area contributed by atoms with Crippen LogP contribution in [-0.4, -0.2) is 20.5 Å². The molecule has 1 unspecified atom stereocenters. The minimum absolute atomic E-state index is 0.164. The third kappa shape index (κ3) is 4.45. The highest BCUT2D eigenvalue weighted by Crippen LogP contribution is 1.92. The van der Waals surface area contributed by atoms with Gasteiger partial charge in [-0.05, 0) is 12.2 Å². The molecule has 0 saturated carbocycles. The minimum Gasteiger partial charge on any atom is -0.257 e. The SMILES string of the molecule is CC(C)S(=O)CN=C=S. The lowest BCUT2D eigenvalue weighted by Crippen LogP contribution is -2.07. The number of rotatable bonds is 3. The van der Waals surface area contributed by atoms with Crippen molar-refractivity contribution in [3.05, 3.63) is 0 Å². The van der Waals surface area contributed by atoms with Crippen molar-refractivity contribution < 1.29 is 4.21 Å². The molecule has 9 heavy (non-hydrogen) atoms. The van der Waals surface area contributed by atoms with Crippen LogP contribution in [0.25, 0.3) is 0 Å². The summed E-state index contributed by atoms with van der Waals surface area (Å²) in [6.45, 7) is 3.77. The molecule has 0 aliphatic heterocycles. The second kappa shape index (κ2) is 4.79. The van der Waals surface area contributed by atoms with Crippen LogP contribution >= 0.6 is 12.2 Å². The molecule has 52 valence electrons. The summed E-state index contributed by atoms with van der Waals surface area (Å²) in [5, 5.41) is 2.33. The van der Waals surface area contributed by atoms with Gasteiger partial charge < -0.3 is 0 Å². The van der Waals surface area contributed by atoms with E-state index in [-0.39, 0.29) is 5.25 Å². The monoisotopic (exact) mass is 163 g/mol. The Bertz CT molecular complexity index is 149. The van der Waals surface area contributed by atoms with E-state index in [4.69, 9.17) is 0 Å². The number of hydrogen-bond acceptors (Lipinski definition) is 3. The van der Waals surface area contributed by atoms with Crippen LogP contribution < -0.4 is 0 Å². The Kier molecular flexibility index (Phi) is 4.77. The largest absolute Gasteiger partial charge is 0.257 e. The molecule has 0 heterocycles. The van der Waals surface area contributed by atoms with Crippen molar-refractivity contribution in [3.8, 4) is 0 Å². The second-order valence-electron chi connectivity index (χ2n) is 1.81. The maximum atomic E-state index is 10.8. The predicted molar refractivity (Wildman–Crippen MR) is 43.2 cm³/mol. The predicted octanol–water partition coefficient (Wildman–Crippen LogP) is 1.20. The lowest BCUT2D eigenvalue weighted by atomic mass is 10.6. The molecule has 0 bridgehead atoms. The molecule has 1 atom stereocenters. The van der Waals surface area contributed by atoms with Gasteiger partial charge in [0.05, 0.1) is 5.16 Å². The first-order chi connectivity index (χ1) is 4.18. The Morgan fingerprint density at radius 2 is 2.33 bits per heavy atom. The zero-order valence-electron chi connectivity index (χ0n) is 5.46. The van der Waals surface area contributed by atoms with Crippen LogP contribution in [0.2, 0.25) is 0 Å². The van der Waals surface area contributed by atoms with Crippen LogP contribution in [-0.2, 0) is 10.8 Å². The Morgan fingerprint density at radius 3 is 2.67 bits per heavy atom. The average molecular weight is 163 g/mol. The van der Waals surface area contributed by atoms with Crippen LogP contribution in [0.4, 0.5) is 0 Å². The molecule has 0 radical (unpaired) electrons. The molecule has 0 aromatic heterocycles. The highest BCUT2D eigenvalue weighted by atomic mass is 32.2. The first-order valence-corrected chi connectivity index (χ1v) is 4.38. The van der Waals surface area contributed by atoms with Crippen molar-refractivity contribution in [2.24, 2.45) is 4.99 Å². The molecule has 0 aromatic rings. The first-order valence-electron chi connectivity index (χ1n) is 2.59. The molecular formula is C5H9NOS2. The van der Waals surface area contributed by atoms with Gasteiger partial charge in [-0.1, -0.05) is 13.8 Å². The first kappa shape index (κ1) is 8.95. The fourth-order valence-electron chi connectivity index (χ4n) is 0.239. The molecule has 0 N–H and O–H groups in total. The third-order valence-corrected chi connectivity index (χ3v) is 2.35. The quantitative estimate of drug-likeness (QED) is 0.462. The van der Waals surface area contributed by atoms with E-state index in [9.17, 15) is 4.21 Å². The lowest BCUT2D eigenvalue weighted by Gasteiger charge is -1.98. The normalized spacial score (nSPS) is 12.8. The van der Waals surface area contributed by atoms with Gasteiger partial charge in [-0.2, -0.15) is 0 Å². The average Bonchev–Trinajstić information content (AvgIpc) is 1.82. The minimum atomic E-state index is -0.867. The Hall–Kier alpha value is -0.0500. The highest BCUT2D eigenvalue weighted by molar-refractivity contribution is 7.85. The van der Waals surface area contributed by atoms with E-state index in [1.165, 1.54) is 0 Å². The van der Waals surface area contributed by atoms with Gasteiger partial charge in [0.25, 0.3) is 0 Å². The summed E-state index contributed by atoms with van der Waals surface area (Å²) >= 11 is 4.31. The molecule has 0 rings (SSSR count). The maximum Gasteiger partial charge on any atom is 0.125 e. The molecule has 0 aliphatic rings. The summed E-state index contributed by atoms with van der Waals surface area (Å²) in [5.41, 5.74) is 0. The molecule has 0 amide bonds. The van der Waals surface area contributed by atoms with Crippen molar-refractivity contribution in [1.82, 2.24) is 0 Å². The molecule has 2 nitrogen and oxygen atoms in total. The van der Waals surface area contributed by atoms with Gasteiger partial charge in [-0.15, -0.1) is 0 Å². The van der Waals surface area contributed by atoms with Crippen molar-refractivity contribution in [2.45, 2.75) is 19.1 Å². The van der Waals surface area contributed by atoms with Crippen molar-refractivity contribution in [3.63, 3.8) is 0 Å². The van der Waals surface area contributed by atoms with E-state index >= 15 is 0 Å². The van der Waals surface area contributed by atoms with Crippen molar-refractivity contribution in [1.29, 1.82) is 0 Å². The van der Waals surface area contributed by atoms with Crippen LogP contribution in [0.5, 0.6) is 0 Å². The van der Waals surface area contributed by atoms with Crippen molar-refractivity contribution in [2.75, 3.05) is 5.88 Å². The van der Waals surface area contributed by atoms with Crippen LogP contribution in [0.1, 0.15) is 13.8 Å². The number of thiocarbonyl (C=S) groups is 1. The number of isothiocyanates is 1. The fraction of sp³-hybridized carbons (Fsp3) is 0.800. The standard InChI is InChI=1S/C5H9NOS2/c1-5(2)9(7)4-6-3-8/h5H,4H2,1-2H3. The van der Waals surface area contributed by atoms with E-state index in [2.05, 4.69) is 22.4 Å². The zero-order valence-corrected chi connectivity index (χ0v) is 7.09. The number of hydrogen-bond donors (Lipinski definition) is 0. The van der Waals surface area contributed by atoms with Gasteiger partial charge in [0.1, 0.15) is 5.88 Å². The van der Waals surface area contributed by atoms with E-state index in [1.807, 2.05) is 13.8 Å². The summed E-state index contributed by atoms with van der Waals surface area (Å²) in [6.07, 6.45) is 0. The van der Waals surface area contributed by atoms with Crippen molar-refractivity contribution >= 4 is 28.2 Å². The summed E-state index contributed by atoms with van der Waals surface area (Å²) in [7, 11) is -0.867. The molecule has 0 aliphatic carbocycles. The Labute approximate surface area is 62.8 Å². The number of nitrogens with zero attached hydrogens (tertiary/aromatic N) is 1. The molecule has 0 aromatic carbocycles. The van der Waals surface area contributed by atoms with E-state index < -0.39 is 10.8 Å². The van der Waals surface area contributed by atoms with Crippen LogP contribution in [0, 0.1) is 0 Å². The lowest BCUT2D eigenvalue weighted by molar-refractivity contribution is 0.677. The third-order valence-electron chi connectivity index (χ3n) is 0.782. The van der Waals surface area contributed by atoms with E-state index in [0.29, 0.717) is 5.88 Å². The molecular weight excluding hydrogens is 154 g/mol. The van der Waals surface area contributed by atoms with Crippen LogP contribution in [0.15, 0.2) is 4.99 Å². The Morgan fingerprint density at radius 1 is 1.78 bits per heavy atom. The van der Waals surface area contributed by atoms with E-state index in [0.717, 1.165) is 0 Å². The summed E-state index contributed by atoms with van der Waals surface area (Å²) in [5.74, 6) is 0.293. The van der Waals surface area contributed by atoms with Crippen LogP contribution in [0.3, 0.4) is 0 Å². The number of aliphatic imine (C=N–C) groups is 1. The topological polar surface area (TPSA) is 29.4 Å². The summed E-state index contributed by atoms with van der Waals surface area (Å²) in [6, 6.07) is 0. The molecule has 0 spiro atoms. The Balaban J connectivity index is 3.64. The van der Waals surface area contributed by atoms with Gasteiger partial charge in [-0.3, -0.25) is 4.21 Å². The zero-order chi connectivity index (χ0) is 7.28. The highest BCUT2D eigenvalue weighted by Gasteiger charge is 2.01. The van der Waals surface area contributed by atoms with Gasteiger partial charge in [0.15, 0.2) is 0 Å².